The third kappa shape index (κ3) is 3.15. The molecule has 0 unspecified atom stereocenters. The van der Waals surface area contributed by atoms with Gasteiger partial charge in [0.05, 0.1) is 15.7 Å². The lowest BCUT2D eigenvalue weighted by Gasteiger charge is -2.04. The second-order valence-corrected chi connectivity index (χ2v) is 6.51. The quantitative estimate of drug-likeness (QED) is 0.448. The first-order valence-electron chi connectivity index (χ1n) is 6.91. The topological polar surface area (TPSA) is 56.9 Å². The largest absolute Gasteiger partial charge is 0.506 e. The van der Waals surface area contributed by atoms with Crippen molar-refractivity contribution in [1.82, 2.24) is 4.98 Å². The smallest absolute Gasteiger partial charge is 0.143 e. The number of aliphatic hydroxyl groups excluding tert-OH is 1. The summed E-state index contributed by atoms with van der Waals surface area (Å²) >= 11 is 13.6. The number of thiazole rings is 1. The van der Waals surface area contributed by atoms with Crippen LogP contribution >= 0.6 is 34.5 Å². The van der Waals surface area contributed by atoms with E-state index in [0.29, 0.717) is 31.9 Å². The Morgan fingerprint density at radius 2 is 1.71 bits per heavy atom. The number of nitrogens with zero attached hydrogens (tertiary/aromatic N) is 2. The minimum absolute atomic E-state index is 0.107. The van der Waals surface area contributed by atoms with Gasteiger partial charge in [-0.1, -0.05) is 59.6 Å². The van der Waals surface area contributed by atoms with Gasteiger partial charge in [-0.2, -0.15) is 5.26 Å². The number of hydrogen-bond acceptors (Lipinski definition) is 4. The number of hydrogen-bond donors (Lipinski definition) is 1. The summed E-state index contributed by atoms with van der Waals surface area (Å²) in [6.07, 6.45) is 0. The SMILES string of the molecule is N#C/C(=C(/O)c1ccccc1)c1nc(-c2c(Cl)cccc2Cl)cs1. The lowest BCUT2D eigenvalue weighted by atomic mass is 10.1. The van der Waals surface area contributed by atoms with Crippen LogP contribution in [0.15, 0.2) is 53.9 Å². The maximum atomic E-state index is 10.4. The summed E-state index contributed by atoms with van der Waals surface area (Å²) in [5.41, 5.74) is 1.85. The summed E-state index contributed by atoms with van der Waals surface area (Å²) in [7, 11) is 0. The molecule has 2 aromatic carbocycles. The first-order chi connectivity index (χ1) is 11.6. The van der Waals surface area contributed by atoms with Crippen molar-refractivity contribution in [1.29, 1.82) is 5.26 Å². The molecule has 3 rings (SSSR count). The molecule has 3 nitrogen and oxygen atoms in total. The molecule has 0 saturated carbocycles. The molecule has 3 aromatic rings. The van der Waals surface area contributed by atoms with Gasteiger partial charge >= 0.3 is 0 Å². The van der Waals surface area contributed by atoms with Crippen molar-refractivity contribution < 1.29 is 5.11 Å². The molecule has 0 amide bonds. The van der Waals surface area contributed by atoms with Gasteiger partial charge in [-0.15, -0.1) is 11.3 Å². The number of allylic oxidation sites excluding steroid dienone is 1. The van der Waals surface area contributed by atoms with Crippen LogP contribution in [0.3, 0.4) is 0 Å². The average Bonchev–Trinajstić information content (AvgIpc) is 3.05. The fraction of sp³-hybridized carbons (Fsp3) is 0. The lowest BCUT2D eigenvalue weighted by molar-refractivity contribution is 0.514. The molecule has 0 saturated heterocycles. The fourth-order valence-electron chi connectivity index (χ4n) is 2.19. The van der Waals surface area contributed by atoms with E-state index in [9.17, 15) is 10.4 Å². The molecule has 0 atom stereocenters. The second-order valence-electron chi connectivity index (χ2n) is 4.84. The van der Waals surface area contributed by atoms with Crippen LogP contribution in [0.5, 0.6) is 0 Å². The molecule has 24 heavy (non-hydrogen) atoms. The Hall–Kier alpha value is -2.32. The number of aliphatic hydroxyl groups is 1. The van der Waals surface area contributed by atoms with E-state index in [1.54, 1.807) is 47.8 Å². The summed E-state index contributed by atoms with van der Waals surface area (Å²) in [4.78, 5) is 4.43. The van der Waals surface area contributed by atoms with Gasteiger partial charge in [0.15, 0.2) is 0 Å². The van der Waals surface area contributed by atoms with Crippen LogP contribution in [0.25, 0.3) is 22.6 Å². The zero-order valence-electron chi connectivity index (χ0n) is 12.2. The normalized spacial score (nSPS) is 11.7. The monoisotopic (exact) mass is 372 g/mol. The Bertz CT molecular complexity index is 938. The molecule has 0 bridgehead atoms. The van der Waals surface area contributed by atoms with E-state index in [0.717, 1.165) is 0 Å². The van der Waals surface area contributed by atoms with Crippen LogP contribution in [0.1, 0.15) is 10.6 Å². The molecule has 0 spiro atoms. The summed E-state index contributed by atoms with van der Waals surface area (Å²) in [5, 5.41) is 23.0. The van der Waals surface area contributed by atoms with E-state index in [1.165, 1.54) is 11.3 Å². The lowest BCUT2D eigenvalue weighted by Crippen LogP contribution is -1.90. The van der Waals surface area contributed by atoms with E-state index >= 15 is 0 Å². The molecular weight excluding hydrogens is 363 g/mol. The van der Waals surface area contributed by atoms with Crippen molar-refractivity contribution >= 4 is 45.9 Å². The second kappa shape index (κ2) is 7.06. The minimum atomic E-state index is -0.107. The summed E-state index contributed by atoms with van der Waals surface area (Å²) in [5.74, 6) is -0.107. The third-order valence-corrected chi connectivity index (χ3v) is 4.82. The Labute approximate surface area is 153 Å². The maximum Gasteiger partial charge on any atom is 0.143 e. The molecule has 0 radical (unpaired) electrons. The number of nitriles is 1. The maximum absolute atomic E-state index is 10.4. The average molecular weight is 373 g/mol. The van der Waals surface area contributed by atoms with E-state index < -0.39 is 0 Å². The Kier molecular flexibility index (Phi) is 4.86. The van der Waals surface area contributed by atoms with Gasteiger partial charge in [-0.25, -0.2) is 4.98 Å². The van der Waals surface area contributed by atoms with Crippen molar-refractivity contribution in [3.05, 3.63) is 74.5 Å². The number of benzene rings is 2. The van der Waals surface area contributed by atoms with E-state index in [-0.39, 0.29) is 11.3 Å². The van der Waals surface area contributed by atoms with E-state index in [2.05, 4.69) is 4.98 Å². The molecule has 0 aliphatic heterocycles. The molecule has 1 N–H and O–H groups in total. The van der Waals surface area contributed by atoms with Crippen LogP contribution in [0, 0.1) is 11.3 Å². The molecule has 0 fully saturated rings. The zero-order valence-corrected chi connectivity index (χ0v) is 14.5. The van der Waals surface area contributed by atoms with E-state index in [4.69, 9.17) is 23.2 Å². The van der Waals surface area contributed by atoms with Crippen LogP contribution in [-0.4, -0.2) is 10.1 Å². The number of rotatable bonds is 3. The zero-order chi connectivity index (χ0) is 17.1. The minimum Gasteiger partial charge on any atom is -0.506 e. The van der Waals surface area contributed by atoms with E-state index in [1.807, 2.05) is 12.1 Å². The number of aromatic nitrogens is 1. The van der Waals surface area contributed by atoms with Crippen LogP contribution < -0.4 is 0 Å². The molecule has 1 aromatic heterocycles. The first kappa shape index (κ1) is 16.5. The van der Waals surface area contributed by atoms with Crippen molar-refractivity contribution in [3.63, 3.8) is 0 Å². The van der Waals surface area contributed by atoms with Gasteiger partial charge in [-0.05, 0) is 12.1 Å². The van der Waals surface area contributed by atoms with Crippen LogP contribution in [0.2, 0.25) is 10.0 Å². The number of halogens is 2. The Morgan fingerprint density at radius 3 is 2.33 bits per heavy atom. The summed E-state index contributed by atoms with van der Waals surface area (Å²) < 4.78 is 0. The van der Waals surface area contributed by atoms with Crippen molar-refractivity contribution in [2.24, 2.45) is 0 Å². The molecule has 118 valence electrons. The van der Waals surface area contributed by atoms with Gasteiger partial charge in [0.2, 0.25) is 0 Å². The standard InChI is InChI=1S/C18H10Cl2N2OS/c19-13-7-4-8-14(20)16(13)15-10-24-18(22-15)12(9-21)17(23)11-5-2-1-3-6-11/h1-8,10,23H/b17-12-. The summed E-state index contributed by atoms with van der Waals surface area (Å²) in [6.45, 7) is 0. The third-order valence-electron chi connectivity index (χ3n) is 3.33. The highest BCUT2D eigenvalue weighted by atomic mass is 35.5. The van der Waals surface area contributed by atoms with Crippen molar-refractivity contribution in [2.75, 3.05) is 0 Å². The Morgan fingerprint density at radius 1 is 1.04 bits per heavy atom. The molecule has 6 heteroatoms. The molecule has 0 aliphatic rings. The first-order valence-corrected chi connectivity index (χ1v) is 8.54. The molecule has 1 heterocycles. The van der Waals surface area contributed by atoms with Gasteiger partial charge in [0.1, 0.15) is 22.4 Å². The van der Waals surface area contributed by atoms with Crippen LogP contribution in [0.4, 0.5) is 0 Å². The predicted octanol–water partition coefficient (Wildman–Crippen LogP) is 6.07. The molecule has 0 aliphatic carbocycles. The van der Waals surface area contributed by atoms with Crippen molar-refractivity contribution in [3.8, 4) is 17.3 Å². The predicted molar refractivity (Wildman–Crippen MR) is 99.1 cm³/mol. The van der Waals surface area contributed by atoms with Gasteiger partial charge in [0, 0.05) is 16.5 Å². The van der Waals surface area contributed by atoms with Gasteiger partial charge < -0.3 is 5.11 Å². The van der Waals surface area contributed by atoms with Gasteiger partial charge in [0.25, 0.3) is 0 Å². The van der Waals surface area contributed by atoms with Crippen molar-refractivity contribution in [2.45, 2.75) is 0 Å². The fourth-order valence-corrected chi connectivity index (χ4v) is 3.58. The highest BCUT2D eigenvalue weighted by Crippen LogP contribution is 2.36. The van der Waals surface area contributed by atoms with Crippen LogP contribution in [-0.2, 0) is 0 Å². The molecular formula is C18H10Cl2N2OS. The van der Waals surface area contributed by atoms with Gasteiger partial charge in [-0.3, -0.25) is 0 Å². The highest BCUT2D eigenvalue weighted by Gasteiger charge is 2.17. The Balaban J connectivity index is 2.08. The highest BCUT2D eigenvalue weighted by molar-refractivity contribution is 7.11. The summed E-state index contributed by atoms with van der Waals surface area (Å²) in [6, 6.07) is 16.1.